The molecule has 4 rings (SSSR count). The molecule has 4 heteroatoms. The van der Waals surface area contributed by atoms with Gasteiger partial charge in [0.25, 0.3) is 0 Å². The number of aromatic nitrogens is 1. The summed E-state index contributed by atoms with van der Waals surface area (Å²) in [6.45, 7) is 3.88. The van der Waals surface area contributed by atoms with E-state index in [9.17, 15) is 4.79 Å². The first-order valence-corrected chi connectivity index (χ1v) is 9.22. The normalized spacial score (nSPS) is 19.9. The third-order valence-corrected chi connectivity index (χ3v) is 5.17. The minimum Gasteiger partial charge on any atom is -0.368 e. The van der Waals surface area contributed by atoms with Gasteiger partial charge in [0.05, 0.1) is 18.3 Å². The van der Waals surface area contributed by atoms with E-state index in [0.717, 1.165) is 36.7 Å². The van der Waals surface area contributed by atoms with Crippen LogP contribution in [0.15, 0.2) is 42.7 Å². The van der Waals surface area contributed by atoms with Crippen molar-refractivity contribution < 1.29 is 4.79 Å². The van der Waals surface area contributed by atoms with Crippen LogP contribution in [0.1, 0.15) is 41.9 Å². The van der Waals surface area contributed by atoms with Crippen molar-refractivity contribution in [3.8, 4) is 0 Å². The molecule has 1 aromatic carbocycles. The van der Waals surface area contributed by atoms with E-state index in [2.05, 4.69) is 52.5 Å². The van der Waals surface area contributed by atoms with E-state index in [-0.39, 0.29) is 11.9 Å². The predicted octanol–water partition coefficient (Wildman–Crippen LogP) is 3.21. The Kier molecular flexibility index (Phi) is 4.43. The third kappa shape index (κ3) is 4.01. The summed E-state index contributed by atoms with van der Waals surface area (Å²) >= 11 is 0. The van der Waals surface area contributed by atoms with Crippen LogP contribution >= 0.6 is 0 Å². The number of pyridine rings is 1. The maximum atomic E-state index is 12.4. The highest BCUT2D eigenvalue weighted by Gasteiger charge is 2.25. The van der Waals surface area contributed by atoms with Crippen molar-refractivity contribution in [3.05, 3.63) is 59.4 Å². The molecule has 2 fully saturated rings. The second-order valence-corrected chi connectivity index (χ2v) is 7.41. The van der Waals surface area contributed by atoms with Gasteiger partial charge in [0, 0.05) is 25.3 Å². The maximum absolute atomic E-state index is 12.4. The standard InChI is InChI=1S/C21H25N3O/c1-15-10-20(13-22-12-15)24-9-8-19(14-24)23-21(25)11-16-2-4-17(5-3-16)18-6-7-18/h2-5,10,12-13,18-19H,6-9,11,14H2,1H3,(H,23,25)/t19-/m1/s1. The van der Waals surface area contributed by atoms with E-state index in [1.807, 2.05) is 12.4 Å². The monoisotopic (exact) mass is 335 g/mol. The molecule has 0 radical (unpaired) electrons. The Morgan fingerprint density at radius 1 is 1.20 bits per heavy atom. The molecule has 0 bridgehead atoms. The average Bonchev–Trinajstić information content (AvgIpc) is 3.35. The zero-order valence-electron chi connectivity index (χ0n) is 14.7. The number of nitrogens with one attached hydrogen (secondary N) is 1. The fourth-order valence-electron chi connectivity index (χ4n) is 3.61. The molecule has 0 unspecified atom stereocenters. The maximum Gasteiger partial charge on any atom is 0.224 e. The molecule has 4 nitrogen and oxygen atoms in total. The van der Waals surface area contributed by atoms with Crippen LogP contribution in [0.5, 0.6) is 0 Å². The number of hydrogen-bond acceptors (Lipinski definition) is 3. The Morgan fingerprint density at radius 2 is 2.00 bits per heavy atom. The molecule has 130 valence electrons. The SMILES string of the molecule is Cc1cncc(N2CC[C@@H](NC(=O)Cc3ccc(C4CC4)cc3)C2)c1. The summed E-state index contributed by atoms with van der Waals surface area (Å²) in [6, 6.07) is 10.9. The van der Waals surface area contributed by atoms with Gasteiger partial charge < -0.3 is 10.2 Å². The number of aryl methyl sites for hydroxylation is 1. The lowest BCUT2D eigenvalue weighted by Crippen LogP contribution is -2.38. The molecular formula is C21H25N3O. The minimum atomic E-state index is 0.119. The molecule has 1 aliphatic heterocycles. The minimum absolute atomic E-state index is 0.119. The number of anilines is 1. The lowest BCUT2D eigenvalue weighted by atomic mass is 10.1. The first kappa shape index (κ1) is 16.1. The Hall–Kier alpha value is -2.36. The van der Waals surface area contributed by atoms with Crippen molar-refractivity contribution in [2.45, 2.75) is 44.6 Å². The number of hydrogen-bond donors (Lipinski definition) is 1. The molecule has 1 aromatic heterocycles. The highest BCUT2D eigenvalue weighted by Crippen LogP contribution is 2.39. The van der Waals surface area contributed by atoms with Crippen molar-refractivity contribution in [1.29, 1.82) is 0 Å². The topological polar surface area (TPSA) is 45.2 Å². The zero-order valence-corrected chi connectivity index (χ0v) is 14.7. The molecule has 2 aromatic rings. The van der Waals surface area contributed by atoms with Gasteiger partial charge >= 0.3 is 0 Å². The van der Waals surface area contributed by atoms with Gasteiger partial charge in [-0.1, -0.05) is 24.3 Å². The van der Waals surface area contributed by atoms with Crippen LogP contribution in [0.25, 0.3) is 0 Å². The van der Waals surface area contributed by atoms with Crippen molar-refractivity contribution in [2.75, 3.05) is 18.0 Å². The Bertz CT molecular complexity index is 752. The third-order valence-electron chi connectivity index (χ3n) is 5.17. The van der Waals surface area contributed by atoms with E-state index < -0.39 is 0 Å². The van der Waals surface area contributed by atoms with E-state index >= 15 is 0 Å². The molecule has 25 heavy (non-hydrogen) atoms. The number of rotatable bonds is 5. The number of amides is 1. The van der Waals surface area contributed by atoms with Crippen LogP contribution in [0.2, 0.25) is 0 Å². The van der Waals surface area contributed by atoms with Crippen LogP contribution in [-0.4, -0.2) is 30.0 Å². The lowest BCUT2D eigenvalue weighted by Gasteiger charge is -2.19. The van der Waals surface area contributed by atoms with Gasteiger partial charge in [-0.2, -0.15) is 0 Å². The Labute approximate surface area is 149 Å². The molecular weight excluding hydrogens is 310 g/mol. The molecule has 1 aliphatic carbocycles. The zero-order chi connectivity index (χ0) is 17.2. The van der Waals surface area contributed by atoms with Gasteiger partial charge in [-0.05, 0) is 54.9 Å². The highest BCUT2D eigenvalue weighted by atomic mass is 16.1. The molecule has 0 spiro atoms. The Morgan fingerprint density at radius 3 is 2.72 bits per heavy atom. The van der Waals surface area contributed by atoms with E-state index in [1.165, 1.54) is 24.0 Å². The molecule has 1 N–H and O–H groups in total. The first-order chi connectivity index (χ1) is 12.2. The summed E-state index contributed by atoms with van der Waals surface area (Å²) in [5, 5.41) is 3.19. The predicted molar refractivity (Wildman–Crippen MR) is 99.9 cm³/mol. The summed E-state index contributed by atoms with van der Waals surface area (Å²) < 4.78 is 0. The summed E-state index contributed by atoms with van der Waals surface area (Å²) in [4.78, 5) is 18.9. The molecule has 2 aliphatic rings. The molecule has 2 heterocycles. The average molecular weight is 335 g/mol. The molecule has 1 atom stereocenters. The molecule has 1 amide bonds. The second kappa shape index (κ2) is 6.87. The quantitative estimate of drug-likeness (QED) is 0.912. The van der Waals surface area contributed by atoms with Crippen molar-refractivity contribution in [1.82, 2.24) is 10.3 Å². The summed E-state index contributed by atoms with van der Waals surface area (Å²) in [6.07, 6.45) is 7.85. The van der Waals surface area contributed by atoms with Gasteiger partial charge in [0.15, 0.2) is 0 Å². The number of benzene rings is 1. The van der Waals surface area contributed by atoms with Crippen molar-refractivity contribution in [3.63, 3.8) is 0 Å². The highest BCUT2D eigenvalue weighted by molar-refractivity contribution is 5.79. The van der Waals surface area contributed by atoms with Crippen LogP contribution < -0.4 is 10.2 Å². The fourth-order valence-corrected chi connectivity index (χ4v) is 3.61. The van der Waals surface area contributed by atoms with Gasteiger partial charge in [0.2, 0.25) is 5.91 Å². The smallest absolute Gasteiger partial charge is 0.224 e. The second-order valence-electron chi connectivity index (χ2n) is 7.41. The number of nitrogens with zero attached hydrogens (tertiary/aromatic N) is 2. The number of carbonyl (C=O) groups excluding carboxylic acids is 1. The van der Waals surface area contributed by atoms with Crippen LogP contribution in [0.3, 0.4) is 0 Å². The van der Waals surface area contributed by atoms with Gasteiger partial charge in [-0.3, -0.25) is 9.78 Å². The Balaban J connectivity index is 1.29. The van der Waals surface area contributed by atoms with Gasteiger partial charge in [-0.15, -0.1) is 0 Å². The van der Waals surface area contributed by atoms with Crippen LogP contribution in [0.4, 0.5) is 5.69 Å². The fraction of sp³-hybridized carbons (Fsp3) is 0.429. The largest absolute Gasteiger partial charge is 0.368 e. The van der Waals surface area contributed by atoms with Gasteiger partial charge in [-0.25, -0.2) is 0 Å². The van der Waals surface area contributed by atoms with E-state index in [1.54, 1.807) is 0 Å². The first-order valence-electron chi connectivity index (χ1n) is 9.22. The van der Waals surface area contributed by atoms with E-state index in [4.69, 9.17) is 0 Å². The summed E-state index contributed by atoms with van der Waals surface area (Å²) in [5.41, 5.74) is 4.83. The molecule has 1 saturated carbocycles. The van der Waals surface area contributed by atoms with Crippen LogP contribution in [0, 0.1) is 6.92 Å². The lowest BCUT2D eigenvalue weighted by molar-refractivity contribution is -0.121. The summed E-state index contributed by atoms with van der Waals surface area (Å²) in [7, 11) is 0. The van der Waals surface area contributed by atoms with Crippen LogP contribution in [-0.2, 0) is 11.2 Å². The van der Waals surface area contributed by atoms with Crippen molar-refractivity contribution >= 4 is 11.6 Å². The van der Waals surface area contributed by atoms with E-state index in [0.29, 0.717) is 6.42 Å². The molecule has 1 saturated heterocycles. The number of carbonyl (C=O) groups is 1. The summed E-state index contributed by atoms with van der Waals surface area (Å²) in [5.74, 6) is 0.886. The van der Waals surface area contributed by atoms with Crippen molar-refractivity contribution in [2.24, 2.45) is 0 Å². The van der Waals surface area contributed by atoms with Gasteiger partial charge in [0.1, 0.15) is 0 Å².